The first-order valence-electron chi connectivity index (χ1n) is 11.8. The Labute approximate surface area is 220 Å². The first-order chi connectivity index (χ1) is 18.3. The summed E-state index contributed by atoms with van der Waals surface area (Å²) in [6.45, 7) is 3.52. The molecule has 2 unspecified atom stereocenters. The molecule has 1 heterocycles. The summed E-state index contributed by atoms with van der Waals surface area (Å²) in [5.41, 5.74) is 1.51. The van der Waals surface area contributed by atoms with Crippen LogP contribution in [0.25, 0.3) is 0 Å². The van der Waals surface area contributed by atoms with Gasteiger partial charge in [0.1, 0.15) is 18.5 Å². The molecule has 0 radical (unpaired) electrons. The molecule has 1 fully saturated rings. The number of ether oxygens (including phenoxy) is 2. The van der Waals surface area contributed by atoms with Crippen molar-refractivity contribution in [1.82, 2.24) is 15.5 Å². The molecule has 15 heteroatoms. The van der Waals surface area contributed by atoms with Crippen molar-refractivity contribution in [2.24, 2.45) is 0 Å². The average molecular weight is 559 g/mol. The predicted octanol–water partition coefficient (Wildman–Crippen LogP) is 3.49. The van der Waals surface area contributed by atoms with Gasteiger partial charge in [-0.05, 0) is 44.7 Å². The fourth-order valence-electron chi connectivity index (χ4n) is 3.65. The van der Waals surface area contributed by atoms with Crippen molar-refractivity contribution >= 4 is 30.1 Å². The highest BCUT2D eigenvalue weighted by molar-refractivity contribution is 5.90. The quantitative estimate of drug-likeness (QED) is 0.288. The number of carbonyl (C=O) groups excluding carboxylic acids is 3. The molecule has 2 aromatic rings. The molecular formula is C24H29F3N4O8. The van der Waals surface area contributed by atoms with Crippen LogP contribution >= 0.6 is 0 Å². The summed E-state index contributed by atoms with van der Waals surface area (Å²) in [5, 5.41) is 29.2. The Morgan fingerprint density at radius 2 is 1.95 bits per heavy atom. The van der Waals surface area contributed by atoms with E-state index in [1.165, 1.54) is 6.07 Å². The molecule has 5 N–H and O–H groups in total. The zero-order chi connectivity index (χ0) is 29.2. The topological polar surface area (TPSA) is 180 Å². The number of hydrogen-bond acceptors (Lipinski definition) is 8. The fraction of sp³-hybridized carbons (Fsp3) is 0.458. The molecule has 1 aromatic carbocycles. The summed E-state index contributed by atoms with van der Waals surface area (Å²) in [6.07, 6.45) is -2.79. The van der Waals surface area contributed by atoms with Crippen LogP contribution in [0, 0.1) is 0 Å². The number of carbonyl (C=O) groups is 4. The molecule has 1 saturated carbocycles. The lowest BCUT2D eigenvalue weighted by molar-refractivity contribution is -0.192. The molecule has 0 aliphatic heterocycles. The van der Waals surface area contributed by atoms with Gasteiger partial charge in [0.2, 0.25) is 0 Å². The Bertz CT molecular complexity index is 1150. The minimum Gasteiger partial charge on any atom is -0.507 e. The number of aromatic hydroxyl groups is 1. The minimum absolute atomic E-state index is 0.00948. The average Bonchev–Trinajstić information content (AvgIpc) is 3.48. The van der Waals surface area contributed by atoms with Crippen LogP contribution < -0.4 is 10.6 Å². The van der Waals surface area contributed by atoms with Gasteiger partial charge in [-0.15, -0.1) is 0 Å². The molecule has 12 nitrogen and oxygen atoms in total. The van der Waals surface area contributed by atoms with E-state index in [0.717, 1.165) is 18.5 Å². The molecule has 3 rings (SSSR count). The van der Waals surface area contributed by atoms with Gasteiger partial charge >= 0.3 is 18.2 Å². The van der Waals surface area contributed by atoms with Crippen molar-refractivity contribution in [2.45, 2.75) is 64.0 Å². The van der Waals surface area contributed by atoms with E-state index in [4.69, 9.17) is 19.4 Å². The van der Waals surface area contributed by atoms with Gasteiger partial charge in [-0.2, -0.15) is 18.3 Å². The number of carboxylic acids is 1. The number of nitrogens with zero attached hydrogens (tertiary/aromatic N) is 1. The van der Waals surface area contributed by atoms with E-state index in [2.05, 4.69) is 20.8 Å². The van der Waals surface area contributed by atoms with Gasteiger partial charge in [0.15, 0.2) is 12.1 Å². The summed E-state index contributed by atoms with van der Waals surface area (Å²) in [4.78, 5) is 43.9. The van der Waals surface area contributed by atoms with E-state index in [0.29, 0.717) is 24.1 Å². The third kappa shape index (κ3) is 10.3. The van der Waals surface area contributed by atoms with Crippen LogP contribution in [-0.4, -0.2) is 69.6 Å². The van der Waals surface area contributed by atoms with Crippen molar-refractivity contribution in [3.8, 4) is 5.75 Å². The number of aliphatic carboxylic acids is 1. The minimum atomic E-state index is -5.08. The summed E-state index contributed by atoms with van der Waals surface area (Å²) < 4.78 is 42.5. The van der Waals surface area contributed by atoms with E-state index in [9.17, 15) is 32.7 Å². The molecule has 39 heavy (non-hydrogen) atoms. The number of halogens is 3. The maximum absolute atomic E-state index is 12.1. The maximum Gasteiger partial charge on any atom is 0.490 e. The van der Waals surface area contributed by atoms with Gasteiger partial charge in [0.25, 0.3) is 5.91 Å². The number of amides is 2. The van der Waals surface area contributed by atoms with Crippen molar-refractivity contribution in [1.29, 1.82) is 0 Å². The monoisotopic (exact) mass is 558 g/mol. The summed E-state index contributed by atoms with van der Waals surface area (Å²) >= 11 is 0. The standard InChI is InChI=1S/C22H28N4O6.C2HF3O2/c1-13(2)23-22(30)32-16-7-6-14(8-16)18-9-20(26-25-18)24-21(29)12-31-11-15-4-3-5-19(28)17(15)10-27;3-2(4,5)1(6)7/h3-5,9-10,13-14,16,28H,6-8,11-12H2,1-2H3,(H,23,30)(H2,24,25,26,29);(H,6,7). The number of phenols is 1. The molecule has 0 saturated heterocycles. The van der Waals surface area contributed by atoms with Gasteiger partial charge < -0.3 is 30.3 Å². The van der Waals surface area contributed by atoms with Gasteiger partial charge in [0, 0.05) is 23.7 Å². The highest BCUT2D eigenvalue weighted by Crippen LogP contribution is 2.35. The van der Waals surface area contributed by atoms with Crippen LogP contribution in [0.1, 0.15) is 60.6 Å². The Morgan fingerprint density at radius 1 is 1.26 bits per heavy atom. The SMILES string of the molecule is CC(C)NC(=O)OC1CCC(c2cc(NC(=O)COCc3cccc(O)c3C=O)n[nH]2)C1.O=C(O)C(F)(F)F. The van der Waals surface area contributed by atoms with E-state index in [1.807, 2.05) is 13.8 Å². The molecule has 1 aliphatic rings. The van der Waals surface area contributed by atoms with Gasteiger partial charge in [-0.1, -0.05) is 12.1 Å². The van der Waals surface area contributed by atoms with Crippen LogP contribution in [0.5, 0.6) is 5.75 Å². The van der Waals surface area contributed by atoms with Crippen LogP contribution in [0.15, 0.2) is 24.3 Å². The number of hydrogen-bond donors (Lipinski definition) is 5. The molecule has 0 spiro atoms. The van der Waals surface area contributed by atoms with Crippen molar-refractivity contribution in [2.75, 3.05) is 11.9 Å². The van der Waals surface area contributed by atoms with Crippen molar-refractivity contribution < 1.29 is 52.0 Å². The zero-order valence-electron chi connectivity index (χ0n) is 21.1. The lowest BCUT2D eigenvalue weighted by Crippen LogP contribution is -2.33. The number of aldehydes is 1. The molecule has 1 aliphatic carbocycles. The number of nitrogens with one attached hydrogen (secondary N) is 3. The lowest BCUT2D eigenvalue weighted by atomic mass is 10.0. The summed E-state index contributed by atoms with van der Waals surface area (Å²) in [6, 6.07) is 6.44. The van der Waals surface area contributed by atoms with Gasteiger partial charge in [-0.25, -0.2) is 9.59 Å². The number of phenolic OH excluding ortho intramolecular Hbond substituents is 1. The number of anilines is 1. The number of alkyl halides is 3. The number of carboxylic acid groups (broad SMARTS) is 1. The highest BCUT2D eigenvalue weighted by Gasteiger charge is 2.38. The second kappa shape index (κ2) is 14.1. The second-order valence-corrected chi connectivity index (χ2v) is 8.86. The van der Waals surface area contributed by atoms with Crippen LogP contribution in [-0.2, 0) is 25.7 Å². The van der Waals surface area contributed by atoms with Crippen LogP contribution in [0.3, 0.4) is 0 Å². The molecule has 1 aromatic heterocycles. The van der Waals surface area contributed by atoms with Gasteiger partial charge in [0.05, 0.1) is 12.2 Å². The fourth-order valence-corrected chi connectivity index (χ4v) is 3.65. The predicted molar refractivity (Wildman–Crippen MR) is 129 cm³/mol. The molecule has 2 amide bonds. The Kier molecular flexibility index (Phi) is 11.3. The third-order valence-corrected chi connectivity index (χ3v) is 5.39. The maximum atomic E-state index is 12.1. The smallest absolute Gasteiger partial charge is 0.490 e. The molecule has 214 valence electrons. The first-order valence-corrected chi connectivity index (χ1v) is 11.8. The summed E-state index contributed by atoms with van der Waals surface area (Å²) in [5.74, 6) is -2.74. The first kappa shape index (κ1) is 31.1. The van der Waals surface area contributed by atoms with E-state index in [1.54, 1.807) is 18.2 Å². The number of rotatable bonds is 9. The Morgan fingerprint density at radius 3 is 2.56 bits per heavy atom. The number of H-pyrrole nitrogens is 1. The van der Waals surface area contributed by atoms with Crippen LogP contribution in [0.4, 0.5) is 23.8 Å². The number of alkyl carbamates (subject to hydrolysis) is 1. The Balaban J connectivity index is 0.000000673. The second-order valence-electron chi connectivity index (χ2n) is 8.86. The number of aromatic amines is 1. The largest absolute Gasteiger partial charge is 0.507 e. The van der Waals surface area contributed by atoms with E-state index < -0.39 is 24.1 Å². The molecule has 0 bridgehead atoms. The summed E-state index contributed by atoms with van der Waals surface area (Å²) in [7, 11) is 0. The lowest BCUT2D eigenvalue weighted by Gasteiger charge is -2.14. The van der Waals surface area contributed by atoms with Gasteiger partial charge in [-0.3, -0.25) is 14.7 Å². The van der Waals surface area contributed by atoms with E-state index in [-0.39, 0.29) is 42.6 Å². The van der Waals surface area contributed by atoms with Crippen molar-refractivity contribution in [3.63, 3.8) is 0 Å². The molecule has 2 atom stereocenters. The zero-order valence-corrected chi connectivity index (χ0v) is 21.1. The normalized spacial score (nSPS) is 16.7. The van der Waals surface area contributed by atoms with Crippen molar-refractivity contribution in [3.05, 3.63) is 41.1 Å². The number of benzene rings is 1. The van der Waals surface area contributed by atoms with Crippen LogP contribution in [0.2, 0.25) is 0 Å². The van der Waals surface area contributed by atoms with E-state index >= 15 is 0 Å². The highest BCUT2D eigenvalue weighted by atomic mass is 19.4. The molecular weight excluding hydrogens is 529 g/mol. The Hall–Kier alpha value is -4.14. The number of aromatic nitrogens is 2. The third-order valence-electron chi connectivity index (χ3n) is 5.39.